The molecule has 3 heteroatoms. The number of nitriles is 2. The van der Waals surface area contributed by atoms with Gasteiger partial charge in [-0.15, -0.1) is 0 Å². The second kappa shape index (κ2) is 4.21. The Labute approximate surface area is 125 Å². The first-order chi connectivity index (χ1) is 10.2. The van der Waals surface area contributed by atoms with Gasteiger partial charge in [-0.2, -0.15) is 10.5 Å². The number of ether oxygens (including phenoxy) is 1. The summed E-state index contributed by atoms with van der Waals surface area (Å²) in [6, 6.07) is 4.77. The molecule has 0 saturated carbocycles. The van der Waals surface area contributed by atoms with Crippen molar-refractivity contribution in [2.45, 2.75) is 62.6 Å². The van der Waals surface area contributed by atoms with Gasteiger partial charge in [0.15, 0.2) is 0 Å². The highest BCUT2D eigenvalue weighted by Gasteiger charge is 2.77. The lowest BCUT2D eigenvalue weighted by molar-refractivity contribution is -0.0563. The van der Waals surface area contributed by atoms with Crippen LogP contribution in [0.25, 0.3) is 0 Å². The molecule has 3 nitrogen and oxygen atoms in total. The second-order valence-corrected chi connectivity index (χ2v) is 6.99. The highest BCUT2D eigenvalue weighted by molar-refractivity contribution is 5.59. The molecule has 0 aromatic carbocycles. The third-order valence-electron chi connectivity index (χ3n) is 6.09. The van der Waals surface area contributed by atoms with Crippen LogP contribution >= 0.6 is 0 Å². The zero-order chi connectivity index (χ0) is 14.6. The second-order valence-electron chi connectivity index (χ2n) is 6.99. The van der Waals surface area contributed by atoms with Crippen LogP contribution in [0.4, 0.5) is 0 Å². The van der Waals surface area contributed by atoms with E-state index in [0.717, 1.165) is 25.7 Å². The van der Waals surface area contributed by atoms with Crippen molar-refractivity contribution >= 4 is 0 Å². The molecule has 4 unspecified atom stereocenters. The minimum absolute atomic E-state index is 0.0778. The van der Waals surface area contributed by atoms with Crippen molar-refractivity contribution in [1.82, 2.24) is 0 Å². The first-order valence-corrected chi connectivity index (χ1v) is 8.17. The third-order valence-corrected chi connectivity index (χ3v) is 6.09. The van der Waals surface area contributed by atoms with Gasteiger partial charge in [0.1, 0.15) is 11.0 Å². The normalized spacial score (nSPS) is 47.3. The quantitative estimate of drug-likeness (QED) is 0.634. The van der Waals surface area contributed by atoms with Gasteiger partial charge in [0.05, 0.1) is 23.3 Å². The SMILES string of the molecule is N#CC1=CC2C34C=CC(CCCCCCCC3)(O4)C12C#N. The Balaban J connectivity index is 1.81. The van der Waals surface area contributed by atoms with E-state index in [4.69, 9.17) is 4.74 Å². The van der Waals surface area contributed by atoms with Crippen LogP contribution in [0.5, 0.6) is 0 Å². The Morgan fingerprint density at radius 3 is 2.43 bits per heavy atom. The number of nitrogens with zero attached hydrogens (tertiary/aromatic N) is 2. The molecule has 4 rings (SSSR count). The molecule has 2 saturated heterocycles. The maximum absolute atomic E-state index is 9.93. The zero-order valence-electron chi connectivity index (χ0n) is 12.3. The lowest BCUT2D eigenvalue weighted by Gasteiger charge is -2.47. The van der Waals surface area contributed by atoms with E-state index in [1.165, 1.54) is 25.7 Å². The van der Waals surface area contributed by atoms with Crippen LogP contribution in [-0.2, 0) is 4.74 Å². The Hall–Kier alpha value is -1.58. The Morgan fingerprint density at radius 1 is 1.00 bits per heavy atom. The molecule has 0 aromatic heterocycles. The Morgan fingerprint density at radius 2 is 1.71 bits per heavy atom. The summed E-state index contributed by atoms with van der Waals surface area (Å²) in [4.78, 5) is 0. The van der Waals surface area contributed by atoms with Crippen LogP contribution < -0.4 is 0 Å². The first-order valence-electron chi connectivity index (χ1n) is 8.17. The van der Waals surface area contributed by atoms with Gasteiger partial charge in [-0.3, -0.25) is 0 Å². The molecule has 3 heterocycles. The first kappa shape index (κ1) is 13.1. The van der Waals surface area contributed by atoms with E-state index in [-0.39, 0.29) is 11.5 Å². The molecule has 4 atom stereocenters. The fourth-order valence-electron chi connectivity index (χ4n) is 5.02. The van der Waals surface area contributed by atoms with Gasteiger partial charge in [-0.05, 0) is 12.8 Å². The van der Waals surface area contributed by atoms with Gasteiger partial charge in [0, 0.05) is 5.92 Å². The smallest absolute Gasteiger partial charge is 0.133 e. The number of hydrogen-bond acceptors (Lipinski definition) is 3. The highest BCUT2D eigenvalue weighted by Crippen LogP contribution is 2.71. The van der Waals surface area contributed by atoms with E-state index in [1.54, 1.807) is 0 Å². The van der Waals surface area contributed by atoms with Gasteiger partial charge < -0.3 is 4.74 Å². The molecule has 0 amide bonds. The summed E-state index contributed by atoms with van der Waals surface area (Å²) in [5.74, 6) is 0.0778. The van der Waals surface area contributed by atoms with E-state index >= 15 is 0 Å². The monoisotopic (exact) mass is 280 g/mol. The van der Waals surface area contributed by atoms with E-state index in [2.05, 4.69) is 24.3 Å². The number of hydrogen-bond donors (Lipinski definition) is 0. The summed E-state index contributed by atoms with van der Waals surface area (Å²) in [6.45, 7) is 0. The molecule has 0 N–H and O–H groups in total. The van der Waals surface area contributed by atoms with Crippen molar-refractivity contribution in [3.8, 4) is 12.1 Å². The van der Waals surface area contributed by atoms with Crippen LogP contribution in [0.2, 0.25) is 0 Å². The fraction of sp³-hybridized carbons (Fsp3) is 0.667. The zero-order valence-corrected chi connectivity index (χ0v) is 12.3. The number of rotatable bonds is 0. The molecule has 0 spiro atoms. The Bertz CT molecular complexity index is 622. The highest BCUT2D eigenvalue weighted by atomic mass is 16.5. The van der Waals surface area contributed by atoms with Crippen LogP contribution in [0.3, 0.4) is 0 Å². The minimum atomic E-state index is -0.713. The van der Waals surface area contributed by atoms with E-state index in [1.807, 2.05) is 6.08 Å². The maximum atomic E-state index is 9.93. The van der Waals surface area contributed by atoms with Gasteiger partial charge in [0.25, 0.3) is 0 Å². The minimum Gasteiger partial charge on any atom is -0.358 e. The summed E-state index contributed by atoms with van der Waals surface area (Å²) in [5, 5.41) is 19.4. The van der Waals surface area contributed by atoms with Crippen molar-refractivity contribution in [2.75, 3.05) is 0 Å². The summed E-state index contributed by atoms with van der Waals surface area (Å²) in [5.41, 5.74) is -0.939. The fourth-order valence-corrected chi connectivity index (χ4v) is 5.02. The van der Waals surface area contributed by atoms with E-state index in [9.17, 15) is 10.5 Å². The van der Waals surface area contributed by atoms with Gasteiger partial charge >= 0.3 is 0 Å². The summed E-state index contributed by atoms with van der Waals surface area (Å²) >= 11 is 0. The van der Waals surface area contributed by atoms with Crippen LogP contribution in [0.1, 0.15) is 51.4 Å². The molecule has 21 heavy (non-hydrogen) atoms. The molecule has 2 fully saturated rings. The van der Waals surface area contributed by atoms with Gasteiger partial charge in [-0.25, -0.2) is 0 Å². The molecule has 0 aromatic rings. The van der Waals surface area contributed by atoms with Gasteiger partial charge in [0.2, 0.25) is 0 Å². The van der Waals surface area contributed by atoms with Crippen molar-refractivity contribution in [1.29, 1.82) is 10.5 Å². The van der Waals surface area contributed by atoms with Crippen molar-refractivity contribution < 1.29 is 4.74 Å². The van der Waals surface area contributed by atoms with Crippen molar-refractivity contribution in [3.05, 3.63) is 23.8 Å². The molecule has 0 radical (unpaired) electrons. The van der Waals surface area contributed by atoms with Crippen LogP contribution in [0, 0.1) is 34.0 Å². The average Bonchev–Trinajstić information content (AvgIpc) is 2.87. The van der Waals surface area contributed by atoms with Crippen LogP contribution in [0.15, 0.2) is 23.8 Å². The number of fused-ring (bicyclic) bond motifs is 1. The predicted octanol–water partition coefficient (Wildman–Crippen LogP) is 3.79. The van der Waals surface area contributed by atoms with E-state index < -0.39 is 11.0 Å². The summed E-state index contributed by atoms with van der Waals surface area (Å²) in [6.07, 6.45) is 15.4. The summed E-state index contributed by atoms with van der Waals surface area (Å²) in [7, 11) is 0. The topological polar surface area (TPSA) is 56.8 Å². The Kier molecular flexibility index (Phi) is 2.63. The lowest BCUT2D eigenvalue weighted by atomic mass is 9.49. The van der Waals surface area contributed by atoms with Gasteiger partial charge in [-0.1, -0.05) is 56.8 Å². The molecular formula is C18H20N2O. The van der Waals surface area contributed by atoms with E-state index in [0.29, 0.717) is 5.57 Å². The largest absolute Gasteiger partial charge is 0.358 e. The molecule has 108 valence electrons. The molecule has 1 aliphatic carbocycles. The molecule has 2 bridgehead atoms. The average molecular weight is 280 g/mol. The van der Waals surface area contributed by atoms with Crippen molar-refractivity contribution in [3.63, 3.8) is 0 Å². The van der Waals surface area contributed by atoms with Crippen LogP contribution in [-0.4, -0.2) is 11.2 Å². The predicted molar refractivity (Wildman–Crippen MR) is 77.9 cm³/mol. The molecular weight excluding hydrogens is 260 g/mol. The molecule has 4 aliphatic rings. The standard InChI is InChI=1S/C18H20N2O/c19-12-14-11-15-16-7-5-3-1-2-4-6-8-17(21-16,10-9-16)18(14,15)13-20/h9-11,15H,1-8H2. The molecule has 3 aliphatic heterocycles. The summed E-state index contributed by atoms with van der Waals surface area (Å²) < 4.78 is 6.56. The third kappa shape index (κ3) is 1.36. The lowest BCUT2D eigenvalue weighted by Crippen LogP contribution is -2.53. The van der Waals surface area contributed by atoms with Crippen molar-refractivity contribution in [2.24, 2.45) is 11.3 Å². The maximum Gasteiger partial charge on any atom is 0.133 e.